The number of thioether (sulfide) groups is 1. The van der Waals surface area contributed by atoms with Crippen LogP contribution in [0.5, 0.6) is 0 Å². The molecule has 4 N–H and O–H groups in total. The van der Waals surface area contributed by atoms with Crippen molar-refractivity contribution in [2.75, 3.05) is 31.3 Å². The molecule has 2 aliphatic heterocycles. The van der Waals surface area contributed by atoms with Crippen molar-refractivity contribution in [1.82, 2.24) is 14.9 Å². The van der Waals surface area contributed by atoms with E-state index in [0.717, 1.165) is 31.0 Å². The molecule has 2 atom stereocenters. The Balaban J connectivity index is 1.84. The second-order valence-electron chi connectivity index (χ2n) is 4.96. The molecular weight excluding hydrogens is 288 g/mol. The first kappa shape index (κ1) is 15.0. The molecule has 0 aliphatic carbocycles. The summed E-state index contributed by atoms with van der Waals surface area (Å²) in [4.78, 5) is 14.1. The van der Waals surface area contributed by atoms with Crippen molar-refractivity contribution in [3.8, 4) is 0 Å². The van der Waals surface area contributed by atoms with Gasteiger partial charge >= 0.3 is 0 Å². The Morgan fingerprint density at radius 3 is 2.95 bits per heavy atom. The first-order valence-corrected chi connectivity index (χ1v) is 9.03. The quantitative estimate of drug-likeness (QED) is 0.597. The number of rotatable bonds is 4. The normalized spacial score (nSPS) is 28.6. The first-order chi connectivity index (χ1) is 8.96. The molecule has 2 heterocycles. The van der Waals surface area contributed by atoms with Gasteiger partial charge < -0.3 is 4.90 Å². The molecule has 0 aromatic carbocycles. The second kappa shape index (κ2) is 6.40. The third kappa shape index (κ3) is 4.60. The lowest BCUT2D eigenvalue weighted by Gasteiger charge is -2.34. The van der Waals surface area contributed by atoms with Gasteiger partial charge in [-0.25, -0.2) is 9.86 Å². The van der Waals surface area contributed by atoms with Crippen molar-refractivity contribution in [1.29, 1.82) is 0 Å². The molecular formula is C10H20N4O3S2. The highest BCUT2D eigenvalue weighted by molar-refractivity contribution is 7.99. The largest absolute Gasteiger partial charge is 0.341 e. The number of hydrogen-bond acceptors (Lipinski definition) is 5. The van der Waals surface area contributed by atoms with Gasteiger partial charge in [0.25, 0.3) is 10.2 Å². The fourth-order valence-electron chi connectivity index (χ4n) is 2.44. The van der Waals surface area contributed by atoms with Crippen LogP contribution in [0.4, 0.5) is 0 Å². The maximum atomic E-state index is 12.2. The van der Waals surface area contributed by atoms with Gasteiger partial charge in [-0.1, -0.05) is 0 Å². The lowest BCUT2D eigenvalue weighted by Crippen LogP contribution is -2.50. The first-order valence-electron chi connectivity index (χ1n) is 6.33. The van der Waals surface area contributed by atoms with Crippen LogP contribution in [0.15, 0.2) is 0 Å². The van der Waals surface area contributed by atoms with Crippen LogP contribution in [0, 0.1) is 5.92 Å². The summed E-state index contributed by atoms with van der Waals surface area (Å²) in [6.07, 6.45) is 1.82. The van der Waals surface area contributed by atoms with Gasteiger partial charge in [0.1, 0.15) is 0 Å². The molecule has 0 aromatic rings. The molecule has 2 saturated heterocycles. The summed E-state index contributed by atoms with van der Waals surface area (Å²) in [6.45, 7) is 1.66. The van der Waals surface area contributed by atoms with Gasteiger partial charge in [0.2, 0.25) is 5.91 Å². The van der Waals surface area contributed by atoms with Crippen LogP contribution in [-0.2, 0) is 15.0 Å². The van der Waals surface area contributed by atoms with Crippen LogP contribution < -0.4 is 15.2 Å². The molecule has 0 bridgehead atoms. The van der Waals surface area contributed by atoms with E-state index in [2.05, 4.69) is 10.0 Å². The maximum absolute atomic E-state index is 12.2. The number of nitrogens with two attached hydrogens (primary N) is 1. The SMILES string of the molecule is NS(=O)(=O)NCC1CCCN(C(=O)C2CSCN2)C1. The van der Waals surface area contributed by atoms with Crippen molar-refractivity contribution in [3.63, 3.8) is 0 Å². The molecule has 0 aromatic heterocycles. The van der Waals surface area contributed by atoms with Gasteiger partial charge in [0.15, 0.2) is 0 Å². The average molecular weight is 308 g/mol. The van der Waals surface area contributed by atoms with Crippen LogP contribution >= 0.6 is 11.8 Å². The van der Waals surface area contributed by atoms with Crippen molar-refractivity contribution in [2.45, 2.75) is 18.9 Å². The Morgan fingerprint density at radius 2 is 2.32 bits per heavy atom. The van der Waals surface area contributed by atoms with E-state index in [4.69, 9.17) is 5.14 Å². The third-order valence-corrected chi connectivity index (χ3v) is 4.93. The predicted octanol–water partition coefficient (Wildman–Crippen LogP) is -1.32. The van der Waals surface area contributed by atoms with Crippen molar-refractivity contribution >= 4 is 27.9 Å². The van der Waals surface area contributed by atoms with E-state index < -0.39 is 10.2 Å². The van der Waals surface area contributed by atoms with Crippen LogP contribution in [0.2, 0.25) is 0 Å². The standard InChI is InChI=1S/C10H20N4O3S2/c11-19(16,17)13-4-8-2-1-3-14(5-8)10(15)9-6-18-7-12-9/h8-9,12-13H,1-7H2,(H2,11,16,17). The summed E-state index contributed by atoms with van der Waals surface area (Å²) in [5, 5.41) is 8.08. The smallest absolute Gasteiger partial charge is 0.274 e. The van der Waals surface area contributed by atoms with E-state index in [1.807, 2.05) is 4.90 Å². The number of amides is 1. The summed E-state index contributed by atoms with van der Waals surface area (Å²) < 4.78 is 24.1. The van der Waals surface area contributed by atoms with E-state index in [1.54, 1.807) is 11.8 Å². The number of carbonyl (C=O) groups excluding carboxylic acids is 1. The molecule has 0 spiro atoms. The molecule has 110 valence electrons. The van der Waals surface area contributed by atoms with Crippen LogP contribution in [0.1, 0.15) is 12.8 Å². The third-order valence-electron chi connectivity index (χ3n) is 3.42. The molecule has 0 radical (unpaired) electrons. The molecule has 9 heteroatoms. The number of likely N-dealkylation sites (tertiary alicyclic amines) is 1. The van der Waals surface area contributed by atoms with E-state index in [1.165, 1.54) is 0 Å². The summed E-state index contributed by atoms with van der Waals surface area (Å²) in [7, 11) is -3.65. The van der Waals surface area contributed by atoms with Crippen molar-refractivity contribution in [2.24, 2.45) is 11.1 Å². The molecule has 1 amide bonds. The maximum Gasteiger partial charge on any atom is 0.274 e. The predicted molar refractivity (Wildman–Crippen MR) is 74.7 cm³/mol. The number of carbonyl (C=O) groups is 1. The monoisotopic (exact) mass is 308 g/mol. The highest BCUT2D eigenvalue weighted by Crippen LogP contribution is 2.19. The summed E-state index contributed by atoms with van der Waals surface area (Å²) in [5.74, 6) is 1.91. The Kier molecular flexibility index (Phi) is 5.07. The van der Waals surface area contributed by atoms with Crippen molar-refractivity contribution < 1.29 is 13.2 Å². The lowest BCUT2D eigenvalue weighted by molar-refractivity contribution is -0.134. The Labute approximate surface area is 117 Å². The number of nitrogens with zero attached hydrogens (tertiary/aromatic N) is 1. The number of nitrogens with one attached hydrogen (secondary N) is 2. The summed E-state index contributed by atoms with van der Waals surface area (Å²) in [5.41, 5.74) is 0. The van der Waals surface area contributed by atoms with Gasteiger partial charge in [-0.2, -0.15) is 8.42 Å². The summed E-state index contributed by atoms with van der Waals surface area (Å²) >= 11 is 1.72. The fraction of sp³-hybridized carbons (Fsp3) is 0.900. The molecule has 19 heavy (non-hydrogen) atoms. The minimum Gasteiger partial charge on any atom is -0.341 e. The fourth-order valence-corrected chi connectivity index (χ4v) is 3.84. The minimum absolute atomic E-state index is 0.0880. The highest BCUT2D eigenvalue weighted by atomic mass is 32.2. The van der Waals surface area contributed by atoms with Gasteiger partial charge in [0, 0.05) is 31.3 Å². The van der Waals surface area contributed by atoms with Gasteiger partial charge in [-0.15, -0.1) is 11.8 Å². The Morgan fingerprint density at radius 1 is 1.53 bits per heavy atom. The molecule has 2 fully saturated rings. The van der Waals surface area contributed by atoms with Crippen molar-refractivity contribution in [3.05, 3.63) is 0 Å². The molecule has 7 nitrogen and oxygen atoms in total. The van der Waals surface area contributed by atoms with E-state index in [-0.39, 0.29) is 17.9 Å². The van der Waals surface area contributed by atoms with E-state index >= 15 is 0 Å². The number of hydrogen-bond donors (Lipinski definition) is 3. The Bertz CT molecular complexity index is 422. The zero-order valence-corrected chi connectivity index (χ0v) is 12.3. The average Bonchev–Trinajstić information content (AvgIpc) is 2.89. The van der Waals surface area contributed by atoms with Gasteiger partial charge in [-0.05, 0) is 18.8 Å². The minimum atomic E-state index is -3.65. The Hall–Kier alpha value is -0.350. The van der Waals surface area contributed by atoms with E-state index in [9.17, 15) is 13.2 Å². The van der Waals surface area contributed by atoms with E-state index in [0.29, 0.717) is 13.1 Å². The highest BCUT2D eigenvalue weighted by Gasteiger charge is 2.30. The number of piperidine rings is 1. The zero-order valence-electron chi connectivity index (χ0n) is 10.7. The second-order valence-corrected chi connectivity index (χ2v) is 7.37. The van der Waals surface area contributed by atoms with Gasteiger partial charge in [0.05, 0.1) is 6.04 Å². The van der Waals surface area contributed by atoms with Crippen LogP contribution in [-0.4, -0.2) is 56.5 Å². The summed E-state index contributed by atoms with van der Waals surface area (Å²) in [6, 6.07) is -0.0880. The molecule has 0 saturated carbocycles. The molecule has 2 rings (SSSR count). The lowest BCUT2D eigenvalue weighted by atomic mass is 9.98. The molecule has 2 aliphatic rings. The zero-order chi connectivity index (χ0) is 13.9. The van der Waals surface area contributed by atoms with Crippen LogP contribution in [0.3, 0.4) is 0 Å². The topological polar surface area (TPSA) is 105 Å². The molecule has 2 unspecified atom stereocenters. The van der Waals surface area contributed by atoms with Gasteiger partial charge in [-0.3, -0.25) is 10.1 Å². The van der Waals surface area contributed by atoms with Crippen LogP contribution in [0.25, 0.3) is 0 Å².